The molecular formula is C17H21N3O5. The predicted octanol–water partition coefficient (Wildman–Crippen LogP) is 0.526. The number of hydrogen-bond acceptors (Lipinski definition) is 5. The van der Waals surface area contributed by atoms with E-state index in [1.54, 1.807) is 0 Å². The summed E-state index contributed by atoms with van der Waals surface area (Å²) >= 11 is 0. The molecule has 4 N–H and O–H groups in total. The highest BCUT2D eigenvalue weighted by atomic mass is 16.7. The summed E-state index contributed by atoms with van der Waals surface area (Å²) in [5, 5.41) is 5.01. The normalized spacial score (nSPS) is 21.2. The maximum Gasteiger partial charge on any atom is 0.313 e. The average molecular weight is 347 g/mol. The van der Waals surface area contributed by atoms with Crippen molar-refractivity contribution in [3.8, 4) is 0 Å². The zero-order valence-electron chi connectivity index (χ0n) is 13.7. The Morgan fingerprint density at radius 1 is 1.12 bits per heavy atom. The van der Waals surface area contributed by atoms with Crippen LogP contribution in [0.4, 0.5) is 5.69 Å². The molecule has 134 valence electrons. The molecule has 1 aliphatic heterocycles. The number of nitrogens with two attached hydrogens (primary N) is 1. The van der Waals surface area contributed by atoms with Crippen molar-refractivity contribution in [2.24, 2.45) is 5.73 Å². The quantitative estimate of drug-likeness (QED) is 0.686. The van der Waals surface area contributed by atoms with Gasteiger partial charge in [-0.2, -0.15) is 0 Å². The number of nitrogens with one attached hydrogen (secondary N) is 2. The lowest BCUT2D eigenvalue weighted by Gasteiger charge is -2.21. The first-order chi connectivity index (χ1) is 12.0. The van der Waals surface area contributed by atoms with Gasteiger partial charge in [-0.05, 0) is 37.1 Å². The molecule has 2 aliphatic rings. The van der Waals surface area contributed by atoms with Crippen molar-refractivity contribution in [3.05, 3.63) is 29.8 Å². The fourth-order valence-corrected chi connectivity index (χ4v) is 3.09. The minimum Gasteiger partial charge on any atom is -0.366 e. The van der Waals surface area contributed by atoms with Crippen LogP contribution in [0.2, 0.25) is 0 Å². The van der Waals surface area contributed by atoms with Crippen molar-refractivity contribution in [2.45, 2.75) is 37.6 Å². The van der Waals surface area contributed by atoms with Gasteiger partial charge in [-0.15, -0.1) is 0 Å². The minimum absolute atomic E-state index is 0.217. The third-order valence-corrected chi connectivity index (χ3v) is 4.40. The van der Waals surface area contributed by atoms with Crippen molar-refractivity contribution in [3.63, 3.8) is 0 Å². The number of benzene rings is 1. The molecule has 8 heteroatoms. The van der Waals surface area contributed by atoms with Crippen molar-refractivity contribution in [1.82, 2.24) is 5.32 Å². The summed E-state index contributed by atoms with van der Waals surface area (Å²) in [6.45, 7) is 0.630. The molecule has 1 aromatic carbocycles. The highest BCUT2D eigenvalue weighted by Crippen LogP contribution is 2.38. The summed E-state index contributed by atoms with van der Waals surface area (Å²) in [5.74, 6) is -2.59. The molecule has 1 saturated heterocycles. The SMILES string of the molecule is NC(=O)c1ccc(NC(=O)C(=O)NC[C@@H]2COC3(CCCC3)O2)cc1. The Morgan fingerprint density at radius 3 is 2.44 bits per heavy atom. The van der Waals surface area contributed by atoms with Crippen molar-refractivity contribution in [1.29, 1.82) is 0 Å². The monoisotopic (exact) mass is 347 g/mol. The van der Waals surface area contributed by atoms with E-state index in [2.05, 4.69) is 10.6 Å². The number of ether oxygens (including phenoxy) is 2. The van der Waals surface area contributed by atoms with Gasteiger partial charge in [0.2, 0.25) is 5.91 Å². The molecule has 1 aliphatic carbocycles. The van der Waals surface area contributed by atoms with E-state index in [1.807, 2.05) is 0 Å². The zero-order chi connectivity index (χ0) is 17.9. The Bertz CT molecular complexity index is 667. The number of amides is 3. The van der Waals surface area contributed by atoms with Crippen LogP contribution in [0, 0.1) is 0 Å². The van der Waals surface area contributed by atoms with Gasteiger partial charge in [-0.25, -0.2) is 0 Å². The number of carbonyl (C=O) groups excluding carboxylic acids is 3. The van der Waals surface area contributed by atoms with Gasteiger partial charge in [0.1, 0.15) is 6.10 Å². The highest BCUT2D eigenvalue weighted by molar-refractivity contribution is 6.39. The summed E-state index contributed by atoms with van der Waals surface area (Å²) in [6.07, 6.45) is 3.66. The Morgan fingerprint density at radius 2 is 1.80 bits per heavy atom. The molecule has 1 spiro atoms. The molecule has 3 amide bonds. The second kappa shape index (κ2) is 7.20. The lowest BCUT2D eigenvalue weighted by Crippen LogP contribution is -2.40. The van der Waals surface area contributed by atoms with Gasteiger partial charge in [0.15, 0.2) is 5.79 Å². The first-order valence-electron chi connectivity index (χ1n) is 8.28. The minimum atomic E-state index is -0.790. The predicted molar refractivity (Wildman–Crippen MR) is 88.6 cm³/mol. The average Bonchev–Trinajstić information content (AvgIpc) is 3.23. The Balaban J connectivity index is 1.45. The molecule has 0 radical (unpaired) electrons. The van der Waals surface area contributed by atoms with Crippen LogP contribution in [0.25, 0.3) is 0 Å². The van der Waals surface area contributed by atoms with E-state index in [4.69, 9.17) is 15.2 Å². The Kier molecular flexibility index (Phi) is 5.00. The van der Waals surface area contributed by atoms with Crippen LogP contribution in [0.1, 0.15) is 36.0 Å². The second-order valence-corrected chi connectivity index (χ2v) is 6.27. The molecule has 1 heterocycles. The number of rotatable bonds is 4. The second-order valence-electron chi connectivity index (χ2n) is 6.27. The first kappa shape index (κ1) is 17.4. The molecule has 2 fully saturated rings. The van der Waals surface area contributed by atoms with E-state index >= 15 is 0 Å². The molecule has 1 aromatic rings. The lowest BCUT2D eigenvalue weighted by molar-refractivity contribution is -0.161. The number of anilines is 1. The maximum atomic E-state index is 11.9. The molecule has 25 heavy (non-hydrogen) atoms. The summed E-state index contributed by atoms with van der Waals surface area (Å²) < 4.78 is 11.6. The van der Waals surface area contributed by atoms with E-state index in [1.165, 1.54) is 24.3 Å². The number of primary amides is 1. The molecule has 3 rings (SSSR count). The van der Waals surface area contributed by atoms with Crippen molar-refractivity contribution < 1.29 is 23.9 Å². The van der Waals surface area contributed by atoms with Gasteiger partial charge in [0.25, 0.3) is 0 Å². The van der Waals surface area contributed by atoms with Gasteiger partial charge >= 0.3 is 11.8 Å². The standard InChI is InChI=1S/C17H21N3O5/c18-14(21)11-3-5-12(6-4-11)20-16(23)15(22)19-9-13-10-24-17(25-13)7-1-2-8-17/h3-6,13H,1-2,7-10H2,(H2,18,21)(H,19,22)(H,20,23)/t13-/m1/s1. The summed E-state index contributed by atoms with van der Waals surface area (Å²) in [7, 11) is 0. The third kappa shape index (κ3) is 4.15. The van der Waals surface area contributed by atoms with Crippen molar-refractivity contribution in [2.75, 3.05) is 18.5 Å². The Hall–Kier alpha value is -2.45. The van der Waals surface area contributed by atoms with Crippen LogP contribution in [0.5, 0.6) is 0 Å². The van der Waals surface area contributed by atoms with E-state index in [0.717, 1.165) is 25.7 Å². The summed E-state index contributed by atoms with van der Waals surface area (Å²) in [5.41, 5.74) is 5.86. The van der Waals surface area contributed by atoms with Gasteiger partial charge in [0, 0.05) is 30.6 Å². The molecule has 0 unspecified atom stereocenters. The number of hydrogen-bond donors (Lipinski definition) is 3. The molecule has 8 nitrogen and oxygen atoms in total. The molecule has 0 aromatic heterocycles. The molecular weight excluding hydrogens is 326 g/mol. The molecule has 0 bridgehead atoms. The van der Waals surface area contributed by atoms with Crippen LogP contribution in [-0.2, 0) is 19.1 Å². The van der Waals surface area contributed by atoms with Gasteiger partial charge in [-0.1, -0.05) is 0 Å². The molecule has 1 saturated carbocycles. The van der Waals surface area contributed by atoms with Gasteiger partial charge in [-0.3, -0.25) is 14.4 Å². The summed E-state index contributed by atoms with van der Waals surface area (Å²) in [4.78, 5) is 34.8. The van der Waals surface area contributed by atoms with E-state index in [-0.39, 0.29) is 12.6 Å². The van der Waals surface area contributed by atoms with Crippen LogP contribution in [0.15, 0.2) is 24.3 Å². The third-order valence-electron chi connectivity index (χ3n) is 4.40. The largest absolute Gasteiger partial charge is 0.366 e. The van der Waals surface area contributed by atoms with Crippen LogP contribution < -0.4 is 16.4 Å². The van der Waals surface area contributed by atoms with Crippen LogP contribution in [0.3, 0.4) is 0 Å². The topological polar surface area (TPSA) is 120 Å². The summed E-state index contributed by atoms with van der Waals surface area (Å²) in [6, 6.07) is 5.95. The fraction of sp³-hybridized carbons (Fsp3) is 0.471. The highest BCUT2D eigenvalue weighted by Gasteiger charge is 2.43. The van der Waals surface area contributed by atoms with E-state index in [0.29, 0.717) is 17.9 Å². The fourth-order valence-electron chi connectivity index (χ4n) is 3.09. The van der Waals surface area contributed by atoms with Crippen LogP contribution in [-0.4, -0.2) is 42.8 Å². The van der Waals surface area contributed by atoms with Gasteiger partial charge in [0.05, 0.1) is 6.61 Å². The van der Waals surface area contributed by atoms with Gasteiger partial charge < -0.3 is 25.8 Å². The van der Waals surface area contributed by atoms with E-state index < -0.39 is 23.5 Å². The molecule has 1 atom stereocenters. The zero-order valence-corrected chi connectivity index (χ0v) is 13.7. The number of carbonyl (C=O) groups is 3. The lowest BCUT2D eigenvalue weighted by atomic mass is 10.2. The van der Waals surface area contributed by atoms with E-state index in [9.17, 15) is 14.4 Å². The Labute approximate surface area is 145 Å². The first-order valence-corrected chi connectivity index (χ1v) is 8.28. The van der Waals surface area contributed by atoms with Crippen molar-refractivity contribution >= 4 is 23.4 Å². The van der Waals surface area contributed by atoms with Crippen LogP contribution >= 0.6 is 0 Å². The smallest absolute Gasteiger partial charge is 0.313 e. The maximum absolute atomic E-state index is 11.9.